The van der Waals surface area contributed by atoms with Crippen LogP contribution in [0.5, 0.6) is 0 Å². The molecule has 0 bridgehead atoms. The zero-order valence-electron chi connectivity index (χ0n) is 53.2. The third-order valence-electron chi connectivity index (χ3n) is 16.1. The molecule has 3 aliphatic heterocycles. The largest absolute Gasteiger partial charge is 0.394 e. The Morgan fingerprint density at radius 2 is 0.784 bits per heavy atom. The zero-order valence-corrected chi connectivity index (χ0v) is 53.2. The number of allylic oxidation sites excluding steroid dienone is 15. The second-order valence-electron chi connectivity index (χ2n) is 23.6. The quantitative estimate of drug-likeness (QED) is 0.0202. The zero-order chi connectivity index (χ0) is 64.0. The topological polar surface area (TPSA) is 307 Å². The van der Waals surface area contributed by atoms with Gasteiger partial charge in [-0.2, -0.15) is 0 Å². The summed E-state index contributed by atoms with van der Waals surface area (Å²) in [5, 5.41) is 120. The minimum atomic E-state index is -1.98. The summed E-state index contributed by atoms with van der Waals surface area (Å²) in [6, 6.07) is -0.985. The predicted octanol–water partition coefficient (Wildman–Crippen LogP) is 8.10. The van der Waals surface area contributed by atoms with E-state index in [0.29, 0.717) is 6.42 Å². The van der Waals surface area contributed by atoms with Crippen LogP contribution < -0.4 is 5.32 Å². The van der Waals surface area contributed by atoms with Gasteiger partial charge >= 0.3 is 0 Å². The maximum absolute atomic E-state index is 13.4. The van der Waals surface area contributed by atoms with Crippen LogP contribution in [0.2, 0.25) is 0 Å². The molecule has 12 N–H and O–H groups in total. The van der Waals surface area contributed by atoms with E-state index in [2.05, 4.69) is 104 Å². The molecular formula is C69H117NO18. The Balaban J connectivity index is 1.43. The fourth-order valence-corrected chi connectivity index (χ4v) is 10.7. The molecule has 3 aliphatic rings. The number of nitrogens with one attached hydrogen (secondary N) is 1. The summed E-state index contributed by atoms with van der Waals surface area (Å²) >= 11 is 0. The smallest absolute Gasteiger partial charge is 0.220 e. The van der Waals surface area contributed by atoms with Gasteiger partial charge in [-0.25, -0.2) is 0 Å². The number of carbonyl (C=O) groups is 1. The van der Waals surface area contributed by atoms with Gasteiger partial charge in [0.25, 0.3) is 0 Å². The van der Waals surface area contributed by atoms with E-state index < -0.39 is 124 Å². The number of ether oxygens (including phenoxy) is 6. The van der Waals surface area contributed by atoms with Gasteiger partial charge in [0.1, 0.15) is 73.2 Å². The molecule has 19 nitrogen and oxygen atoms in total. The van der Waals surface area contributed by atoms with Crippen LogP contribution in [0, 0.1) is 0 Å². The number of hydrogen-bond acceptors (Lipinski definition) is 18. The fourth-order valence-electron chi connectivity index (χ4n) is 10.7. The monoisotopic (exact) mass is 1250 g/mol. The molecule has 1 amide bonds. The van der Waals surface area contributed by atoms with Crippen molar-refractivity contribution in [2.75, 3.05) is 26.4 Å². The Morgan fingerprint density at radius 1 is 0.420 bits per heavy atom. The molecule has 0 aromatic carbocycles. The number of amides is 1. The van der Waals surface area contributed by atoms with E-state index in [9.17, 15) is 61.0 Å². The molecule has 506 valence electrons. The third-order valence-corrected chi connectivity index (χ3v) is 16.1. The lowest BCUT2D eigenvalue weighted by Crippen LogP contribution is -2.66. The summed E-state index contributed by atoms with van der Waals surface area (Å²) in [4.78, 5) is 13.4. The highest BCUT2D eigenvalue weighted by molar-refractivity contribution is 5.76. The van der Waals surface area contributed by atoms with Crippen LogP contribution in [0.1, 0.15) is 200 Å². The highest BCUT2D eigenvalue weighted by atomic mass is 16.8. The van der Waals surface area contributed by atoms with Gasteiger partial charge < -0.3 is 89.9 Å². The first-order chi connectivity index (χ1) is 42.8. The first-order valence-electron chi connectivity index (χ1n) is 33.5. The summed E-state index contributed by atoms with van der Waals surface area (Å²) in [5.74, 6) is -0.292. The molecular weight excluding hydrogens is 1130 g/mol. The molecule has 17 atom stereocenters. The second-order valence-corrected chi connectivity index (χ2v) is 23.6. The molecule has 3 rings (SSSR count). The molecule has 0 saturated carbocycles. The van der Waals surface area contributed by atoms with Crippen molar-refractivity contribution in [3.05, 3.63) is 97.2 Å². The van der Waals surface area contributed by atoms with Crippen LogP contribution in [0.4, 0.5) is 0 Å². The molecule has 19 heteroatoms. The summed E-state index contributed by atoms with van der Waals surface area (Å²) in [7, 11) is 0. The molecule has 0 radical (unpaired) electrons. The molecule has 3 fully saturated rings. The highest BCUT2D eigenvalue weighted by Crippen LogP contribution is 2.33. The average molecular weight is 1250 g/mol. The maximum Gasteiger partial charge on any atom is 0.220 e. The van der Waals surface area contributed by atoms with Crippen LogP contribution in [-0.4, -0.2) is 193 Å². The van der Waals surface area contributed by atoms with E-state index in [-0.39, 0.29) is 18.9 Å². The van der Waals surface area contributed by atoms with E-state index in [0.717, 1.165) is 116 Å². The highest BCUT2D eigenvalue weighted by Gasteiger charge is 2.53. The Kier molecular flexibility index (Phi) is 45.1. The van der Waals surface area contributed by atoms with Crippen molar-refractivity contribution in [3.63, 3.8) is 0 Å². The van der Waals surface area contributed by atoms with Crippen molar-refractivity contribution in [3.8, 4) is 0 Å². The maximum atomic E-state index is 13.4. The van der Waals surface area contributed by atoms with E-state index in [4.69, 9.17) is 28.4 Å². The van der Waals surface area contributed by atoms with Crippen molar-refractivity contribution in [2.24, 2.45) is 0 Å². The number of carbonyl (C=O) groups excluding carboxylic acids is 1. The number of hydrogen-bond donors (Lipinski definition) is 12. The van der Waals surface area contributed by atoms with Gasteiger partial charge in [0.15, 0.2) is 18.9 Å². The second kappa shape index (κ2) is 50.3. The summed E-state index contributed by atoms with van der Waals surface area (Å²) < 4.78 is 34.3. The van der Waals surface area contributed by atoms with Gasteiger partial charge in [0.2, 0.25) is 5.91 Å². The standard InChI is InChI=1S/C69H117NO18/c1-3-5-7-9-11-13-15-17-19-20-21-22-23-24-25-26-27-28-29-30-31-32-33-35-37-39-41-43-45-47-57(75)70-52(53(74)46-44-42-40-38-36-34-18-16-14-12-10-8-6-4-2)51-83-67-63(81)60(78)65(55(49-72)85-67)88-69-64(82)61(79)66(56(50-73)86-69)87-68-62(80)59(77)58(76)54(48-71)84-68/h5,7,11,13,17,19,21-22,24-25,27-28,30-31,44,46,52-56,58-69,71-74,76-82H,3-4,6,8-10,12,14-16,18,20,23,26,29,32-43,45,47-51H2,1-2H3,(H,70,75)/b7-5-,13-11-,19-17-,22-21-,25-24-,28-27-,31-30-,46-44+. The summed E-state index contributed by atoms with van der Waals surface area (Å²) in [6.45, 7) is 1.58. The van der Waals surface area contributed by atoms with Crippen LogP contribution in [0.15, 0.2) is 97.2 Å². The van der Waals surface area contributed by atoms with Crippen molar-refractivity contribution in [2.45, 2.75) is 304 Å². The van der Waals surface area contributed by atoms with Crippen molar-refractivity contribution in [1.29, 1.82) is 0 Å². The molecule has 0 aliphatic carbocycles. The average Bonchev–Trinajstić information content (AvgIpc) is 2.57. The molecule has 17 unspecified atom stereocenters. The van der Waals surface area contributed by atoms with Gasteiger partial charge in [0.05, 0.1) is 38.6 Å². The molecule has 3 heterocycles. The first-order valence-corrected chi connectivity index (χ1v) is 33.5. The van der Waals surface area contributed by atoms with E-state index in [1.807, 2.05) is 6.08 Å². The van der Waals surface area contributed by atoms with Gasteiger partial charge in [-0.15, -0.1) is 0 Å². The lowest BCUT2D eigenvalue weighted by Gasteiger charge is -2.48. The Morgan fingerprint density at radius 3 is 1.23 bits per heavy atom. The van der Waals surface area contributed by atoms with E-state index >= 15 is 0 Å². The Labute approximate surface area is 526 Å². The summed E-state index contributed by atoms with van der Waals surface area (Å²) in [5.41, 5.74) is 0. The normalized spacial score (nSPS) is 29.0. The number of aliphatic hydroxyl groups excluding tert-OH is 11. The number of rotatable bonds is 49. The molecule has 88 heavy (non-hydrogen) atoms. The van der Waals surface area contributed by atoms with Crippen LogP contribution in [-0.2, 0) is 33.2 Å². The van der Waals surface area contributed by atoms with Crippen LogP contribution in [0.25, 0.3) is 0 Å². The van der Waals surface area contributed by atoms with Gasteiger partial charge in [0, 0.05) is 6.42 Å². The molecule has 0 aromatic heterocycles. The van der Waals surface area contributed by atoms with Gasteiger partial charge in [-0.1, -0.05) is 214 Å². The Bertz CT molecular complexity index is 1970. The number of aliphatic hydroxyl groups is 11. The lowest BCUT2D eigenvalue weighted by molar-refractivity contribution is -0.379. The van der Waals surface area contributed by atoms with Crippen molar-refractivity contribution >= 4 is 5.91 Å². The third kappa shape index (κ3) is 32.3. The first kappa shape index (κ1) is 78.9. The molecule has 3 saturated heterocycles. The van der Waals surface area contributed by atoms with Gasteiger partial charge in [-0.05, 0) is 77.0 Å². The molecule has 0 aromatic rings. The van der Waals surface area contributed by atoms with Crippen molar-refractivity contribution < 1.29 is 89.4 Å². The van der Waals surface area contributed by atoms with Crippen molar-refractivity contribution in [1.82, 2.24) is 5.32 Å². The lowest BCUT2D eigenvalue weighted by atomic mass is 9.96. The number of unbranched alkanes of at least 4 members (excludes halogenated alkanes) is 19. The Hall–Kier alpha value is -3.29. The predicted molar refractivity (Wildman–Crippen MR) is 341 cm³/mol. The van der Waals surface area contributed by atoms with E-state index in [1.165, 1.54) is 57.8 Å². The molecule has 0 spiro atoms. The van der Waals surface area contributed by atoms with Crippen LogP contribution in [0.3, 0.4) is 0 Å². The van der Waals surface area contributed by atoms with Crippen LogP contribution >= 0.6 is 0 Å². The minimum absolute atomic E-state index is 0.224. The van der Waals surface area contributed by atoms with Gasteiger partial charge in [-0.3, -0.25) is 4.79 Å². The minimum Gasteiger partial charge on any atom is -0.394 e. The van der Waals surface area contributed by atoms with E-state index in [1.54, 1.807) is 6.08 Å². The SMILES string of the molecule is CC/C=C\C/C=C\C/C=C\C/C=C\C/C=C\C/C=C\C/C=C\CCCCCCCCCC(=O)NC(COC1OC(CO)C(OC2OC(CO)C(OC3OC(CO)C(O)C(O)C3O)C(O)C2O)C(O)C1O)C(O)/C=C/CCCCCCCCCCCCCC. The fraction of sp³-hybridized carbons (Fsp3) is 0.754. The summed E-state index contributed by atoms with van der Waals surface area (Å²) in [6.07, 6.45) is 38.0.